The summed E-state index contributed by atoms with van der Waals surface area (Å²) in [5, 5.41) is 57.0. The molecule has 8 unspecified atom stereocenters. The Bertz CT molecular complexity index is 1650. The number of unbranched alkanes of at least 4 members (excludes halogenated alkanes) is 25. The van der Waals surface area contributed by atoms with Crippen LogP contribution in [-0.2, 0) is 23.8 Å². The van der Waals surface area contributed by atoms with Gasteiger partial charge in [-0.1, -0.05) is 246 Å². The minimum atomic E-state index is -1.64. The van der Waals surface area contributed by atoms with Crippen molar-refractivity contribution >= 4 is 11.9 Å². The summed E-state index contributed by atoms with van der Waals surface area (Å²) in [5.41, 5.74) is 0. The predicted molar refractivity (Wildman–Crippen MR) is 329 cm³/mol. The first-order chi connectivity index (χ1) is 38.7. The second-order valence-electron chi connectivity index (χ2n) is 21.8. The van der Waals surface area contributed by atoms with Crippen LogP contribution >= 0.6 is 0 Å². The van der Waals surface area contributed by atoms with Gasteiger partial charge in [0.25, 0.3) is 0 Å². The maximum Gasteiger partial charge on any atom is 0.306 e. The zero-order valence-corrected chi connectivity index (χ0v) is 50.2. The van der Waals surface area contributed by atoms with Gasteiger partial charge >= 0.3 is 5.97 Å². The lowest BCUT2D eigenvalue weighted by atomic mass is 9.99. The van der Waals surface area contributed by atoms with Crippen LogP contribution in [0.25, 0.3) is 0 Å². The molecule has 1 heterocycles. The highest BCUT2D eigenvalue weighted by atomic mass is 16.7. The molecule has 1 rings (SSSR count). The van der Waals surface area contributed by atoms with Crippen LogP contribution in [0.2, 0.25) is 0 Å². The highest BCUT2D eigenvalue weighted by molar-refractivity contribution is 5.80. The van der Waals surface area contributed by atoms with E-state index < -0.39 is 67.4 Å². The van der Waals surface area contributed by atoms with Gasteiger partial charge in [0.2, 0.25) is 5.91 Å². The van der Waals surface area contributed by atoms with Gasteiger partial charge in [-0.2, -0.15) is 0 Å². The van der Waals surface area contributed by atoms with Gasteiger partial charge in [0, 0.05) is 6.42 Å². The summed E-state index contributed by atoms with van der Waals surface area (Å²) in [7, 11) is 0. The molecule has 1 fully saturated rings. The lowest BCUT2D eigenvalue weighted by Crippen LogP contribution is -2.61. The first-order valence-corrected chi connectivity index (χ1v) is 32.0. The summed E-state index contributed by atoms with van der Waals surface area (Å²) in [6.07, 6.45) is 63.0. The van der Waals surface area contributed by atoms with Crippen LogP contribution in [0.1, 0.15) is 258 Å². The second kappa shape index (κ2) is 55.1. The van der Waals surface area contributed by atoms with E-state index >= 15 is 0 Å². The van der Waals surface area contributed by atoms with Gasteiger partial charge < -0.3 is 45.1 Å². The van der Waals surface area contributed by atoms with E-state index in [1.807, 2.05) is 6.08 Å². The zero-order chi connectivity index (χ0) is 57.5. The number of aliphatic hydroxyl groups is 5. The SMILES string of the molecule is CC/C=C\C/C=C\C/C=C\C/C=C\C/C=C\C/C=C\CCCCC(=O)OC1C(OCC(NC(=O)C(O)CCCCCCCCCC/C=C/CCCCCCCC)C(O)/C=C/CCCCCCCCCCC)OC(CO)C(O)C1O. The topological polar surface area (TPSA) is 175 Å². The van der Waals surface area contributed by atoms with E-state index in [1.165, 1.54) is 109 Å². The summed E-state index contributed by atoms with van der Waals surface area (Å²) < 4.78 is 17.6. The number of ether oxygens (including phenoxy) is 3. The molecule has 0 spiro atoms. The maximum atomic E-state index is 13.4. The number of aliphatic hydroxyl groups excluding tert-OH is 5. The molecule has 79 heavy (non-hydrogen) atoms. The van der Waals surface area contributed by atoms with Crippen molar-refractivity contribution in [1.82, 2.24) is 5.32 Å². The number of carbonyl (C=O) groups excluding carboxylic acids is 2. The van der Waals surface area contributed by atoms with Crippen molar-refractivity contribution in [3.8, 4) is 0 Å². The number of amides is 1. The Hall–Kier alpha value is -3.42. The molecule has 0 aromatic heterocycles. The Morgan fingerprint density at radius 3 is 1.38 bits per heavy atom. The molecule has 6 N–H and O–H groups in total. The van der Waals surface area contributed by atoms with Gasteiger partial charge in [0.05, 0.1) is 25.4 Å². The second-order valence-corrected chi connectivity index (χ2v) is 21.8. The molecule has 1 aliphatic heterocycles. The first-order valence-electron chi connectivity index (χ1n) is 32.0. The van der Waals surface area contributed by atoms with Crippen molar-refractivity contribution in [1.29, 1.82) is 0 Å². The van der Waals surface area contributed by atoms with Crippen molar-refractivity contribution in [2.45, 2.75) is 307 Å². The third kappa shape index (κ3) is 43.0. The smallest absolute Gasteiger partial charge is 0.306 e. The van der Waals surface area contributed by atoms with E-state index in [2.05, 4.69) is 111 Å². The fraction of sp³-hybridized carbons (Fsp3) is 0.735. The monoisotopic (exact) mass is 1110 g/mol. The Kier molecular flexibility index (Phi) is 51.4. The molecule has 0 aromatic rings. The summed E-state index contributed by atoms with van der Waals surface area (Å²) in [4.78, 5) is 26.6. The van der Waals surface area contributed by atoms with Crippen molar-refractivity contribution in [2.24, 2.45) is 0 Å². The molecule has 1 amide bonds. The molecule has 0 radical (unpaired) electrons. The quantitative estimate of drug-likeness (QED) is 0.0195. The van der Waals surface area contributed by atoms with Crippen LogP contribution in [0, 0.1) is 0 Å². The average Bonchev–Trinajstić information content (AvgIpc) is 3.47. The summed E-state index contributed by atoms with van der Waals surface area (Å²) in [5.74, 6) is -1.25. The number of allylic oxidation sites excluding steroid dienone is 15. The van der Waals surface area contributed by atoms with Crippen molar-refractivity contribution in [3.63, 3.8) is 0 Å². The fourth-order valence-corrected chi connectivity index (χ4v) is 9.41. The summed E-state index contributed by atoms with van der Waals surface area (Å²) in [6, 6.07) is -1.04. The molecule has 0 aromatic carbocycles. The van der Waals surface area contributed by atoms with Crippen molar-refractivity contribution in [2.75, 3.05) is 13.2 Å². The Morgan fingerprint density at radius 2 is 0.911 bits per heavy atom. The lowest BCUT2D eigenvalue weighted by molar-refractivity contribution is -0.305. The predicted octanol–water partition coefficient (Wildman–Crippen LogP) is 15.5. The third-order valence-electron chi connectivity index (χ3n) is 14.5. The van der Waals surface area contributed by atoms with Gasteiger partial charge in [-0.3, -0.25) is 9.59 Å². The first kappa shape index (κ1) is 73.6. The van der Waals surface area contributed by atoms with Gasteiger partial charge in [-0.15, -0.1) is 0 Å². The Morgan fingerprint density at radius 1 is 0.506 bits per heavy atom. The summed E-state index contributed by atoms with van der Waals surface area (Å²) in [6.45, 7) is 5.64. The van der Waals surface area contributed by atoms with E-state index in [-0.39, 0.29) is 19.4 Å². The van der Waals surface area contributed by atoms with Crippen LogP contribution in [-0.4, -0.2) is 99.6 Å². The van der Waals surface area contributed by atoms with Crippen LogP contribution in [0.4, 0.5) is 0 Å². The van der Waals surface area contributed by atoms with Crippen molar-refractivity contribution in [3.05, 3.63) is 97.2 Å². The number of esters is 1. The van der Waals surface area contributed by atoms with E-state index in [0.29, 0.717) is 12.8 Å². The minimum Gasteiger partial charge on any atom is -0.454 e. The number of carbonyl (C=O) groups is 2. The average molecular weight is 1110 g/mol. The fourth-order valence-electron chi connectivity index (χ4n) is 9.41. The molecule has 0 saturated carbocycles. The zero-order valence-electron chi connectivity index (χ0n) is 50.2. The number of nitrogens with one attached hydrogen (secondary N) is 1. The largest absolute Gasteiger partial charge is 0.454 e. The molecular weight excluding hydrogens is 991 g/mol. The van der Waals surface area contributed by atoms with Crippen LogP contribution in [0.5, 0.6) is 0 Å². The molecular formula is C68H117NO10. The number of hydrogen-bond acceptors (Lipinski definition) is 10. The minimum absolute atomic E-state index is 0.0641. The molecule has 0 aliphatic carbocycles. The maximum absolute atomic E-state index is 13.4. The molecule has 11 heteroatoms. The van der Waals surface area contributed by atoms with Crippen molar-refractivity contribution < 1.29 is 49.3 Å². The van der Waals surface area contributed by atoms with E-state index in [0.717, 1.165) is 103 Å². The highest BCUT2D eigenvalue weighted by Crippen LogP contribution is 2.26. The standard InChI is InChI=1S/C68H117NO10/c1-4-7-10-13-16-19-22-24-26-28-30-31-32-34-36-38-41-44-47-50-53-56-63(73)79-66-65(75)64(74)62(57-70)78-68(66)77-58-59(60(71)54-51-48-45-42-39-21-18-15-12-9-6-3)69-67(76)61(72)55-52-49-46-43-40-37-35-33-29-27-25-23-20-17-14-11-8-5-2/h7,10,16,19,24-27,30-31,34,36,41,44,51,54,59-62,64-66,68,70-72,74-75H,4-6,8-9,11-15,17-18,20-23,28-29,32-33,35,37-40,42-43,45-50,52-53,55-58H2,1-3H3,(H,69,76)/b10-7-,19-16-,26-24-,27-25+,31-30-,36-34-,44-41-,54-51+. The molecule has 454 valence electrons. The molecule has 0 bridgehead atoms. The van der Waals surface area contributed by atoms with Crippen LogP contribution < -0.4 is 5.32 Å². The molecule has 11 nitrogen and oxygen atoms in total. The van der Waals surface area contributed by atoms with Crippen LogP contribution in [0.15, 0.2) is 97.2 Å². The van der Waals surface area contributed by atoms with Gasteiger partial charge in [-0.25, -0.2) is 0 Å². The lowest BCUT2D eigenvalue weighted by Gasteiger charge is -2.41. The molecule has 8 atom stereocenters. The number of hydrogen-bond donors (Lipinski definition) is 6. The summed E-state index contributed by atoms with van der Waals surface area (Å²) >= 11 is 0. The van der Waals surface area contributed by atoms with E-state index in [1.54, 1.807) is 6.08 Å². The third-order valence-corrected chi connectivity index (χ3v) is 14.5. The molecule has 1 saturated heterocycles. The normalized spacial score (nSPS) is 19.5. The van der Waals surface area contributed by atoms with E-state index in [9.17, 15) is 35.1 Å². The highest BCUT2D eigenvalue weighted by Gasteiger charge is 2.47. The molecule has 1 aliphatic rings. The number of rotatable bonds is 53. The van der Waals surface area contributed by atoms with Crippen LogP contribution in [0.3, 0.4) is 0 Å². The Balaban J connectivity index is 2.68. The van der Waals surface area contributed by atoms with E-state index in [4.69, 9.17) is 14.2 Å². The van der Waals surface area contributed by atoms with Gasteiger partial charge in [0.1, 0.15) is 24.4 Å². The van der Waals surface area contributed by atoms with Gasteiger partial charge in [-0.05, 0) is 103 Å². The Labute approximate surface area is 482 Å². The van der Waals surface area contributed by atoms with Gasteiger partial charge in [0.15, 0.2) is 12.4 Å².